The number of ether oxygens (including phenoxy) is 3. The van der Waals surface area contributed by atoms with E-state index < -0.39 is 24.8 Å². The Morgan fingerprint density at radius 1 is 1.33 bits per heavy atom. The van der Waals surface area contributed by atoms with E-state index in [1.807, 2.05) is 0 Å². The molecule has 0 amide bonds. The molecule has 0 aromatic heterocycles. The minimum Gasteiger partial charge on any atom is -0.508 e. The van der Waals surface area contributed by atoms with E-state index in [0.717, 1.165) is 0 Å². The fourth-order valence-electron chi connectivity index (χ4n) is 1.48. The average Bonchev–Trinajstić information content (AvgIpc) is 3.05. The monoisotopic (exact) mass is 256 g/mol. The minimum absolute atomic E-state index is 0.152. The summed E-state index contributed by atoms with van der Waals surface area (Å²) in [6, 6.07) is 6.24. The average molecular weight is 256 g/mol. The quantitative estimate of drug-likeness (QED) is 0.630. The number of phenols is 1. The Balaban J connectivity index is 1.88. The van der Waals surface area contributed by atoms with Gasteiger partial charge in [0.25, 0.3) is 0 Å². The fourth-order valence-corrected chi connectivity index (χ4v) is 1.48. The highest BCUT2D eigenvalue weighted by Gasteiger charge is 2.41. The Kier molecular flexibility index (Phi) is 4.03. The Bertz CT molecular complexity index is 379. The van der Waals surface area contributed by atoms with Crippen LogP contribution < -0.4 is 4.74 Å². The van der Waals surface area contributed by atoms with Crippen LogP contribution in [0, 0.1) is 0 Å². The molecule has 4 atom stereocenters. The van der Waals surface area contributed by atoms with E-state index in [2.05, 4.69) is 0 Å². The molecule has 1 aliphatic rings. The Hall–Kier alpha value is -1.34. The molecule has 2 rings (SSSR count). The van der Waals surface area contributed by atoms with Gasteiger partial charge in [-0.1, -0.05) is 0 Å². The van der Waals surface area contributed by atoms with Crippen LogP contribution in [-0.2, 0) is 9.47 Å². The van der Waals surface area contributed by atoms with Crippen LogP contribution in [0.1, 0.15) is 6.92 Å². The van der Waals surface area contributed by atoms with Gasteiger partial charge in [0.2, 0.25) is 12.6 Å². The molecule has 1 saturated heterocycles. The molecule has 100 valence electrons. The SMILES string of the molecule is CC(Oc1ccc(O)cc1)C(CO)OC1O[C@H]1O. The Morgan fingerprint density at radius 2 is 1.94 bits per heavy atom. The van der Waals surface area contributed by atoms with E-state index in [1.54, 1.807) is 19.1 Å². The first kappa shape index (κ1) is 13.1. The van der Waals surface area contributed by atoms with Crippen molar-refractivity contribution in [3.63, 3.8) is 0 Å². The molecule has 0 spiro atoms. The van der Waals surface area contributed by atoms with Crippen molar-refractivity contribution >= 4 is 0 Å². The molecule has 1 fully saturated rings. The minimum atomic E-state index is -0.917. The first-order chi connectivity index (χ1) is 8.60. The third-order valence-electron chi connectivity index (χ3n) is 2.60. The number of aliphatic hydroxyl groups excluding tert-OH is 2. The number of benzene rings is 1. The zero-order valence-electron chi connectivity index (χ0n) is 9.89. The van der Waals surface area contributed by atoms with Crippen molar-refractivity contribution in [2.75, 3.05) is 6.61 Å². The summed E-state index contributed by atoms with van der Waals surface area (Å²) < 4.78 is 15.5. The summed E-state index contributed by atoms with van der Waals surface area (Å²) >= 11 is 0. The van der Waals surface area contributed by atoms with Gasteiger partial charge in [-0.15, -0.1) is 0 Å². The van der Waals surface area contributed by atoms with Gasteiger partial charge in [-0.2, -0.15) is 0 Å². The van der Waals surface area contributed by atoms with E-state index in [4.69, 9.17) is 24.4 Å². The lowest BCUT2D eigenvalue weighted by Gasteiger charge is -2.22. The standard InChI is InChI=1S/C12H16O6/c1-7(10(6-13)17-12-11(15)18-12)16-9-4-2-8(14)3-5-9/h2-5,7,10-15H,6H2,1H3/t7?,10?,11-,12?/m1/s1. The molecular formula is C12H16O6. The van der Waals surface area contributed by atoms with Crippen LogP contribution in [0.4, 0.5) is 0 Å². The maximum atomic E-state index is 9.20. The summed E-state index contributed by atoms with van der Waals surface area (Å²) in [5, 5.41) is 27.3. The molecule has 6 heteroatoms. The summed E-state index contributed by atoms with van der Waals surface area (Å²) in [5.41, 5.74) is 0. The largest absolute Gasteiger partial charge is 0.508 e. The van der Waals surface area contributed by atoms with E-state index >= 15 is 0 Å². The highest BCUT2D eigenvalue weighted by Crippen LogP contribution is 2.24. The van der Waals surface area contributed by atoms with Crippen LogP contribution in [0.25, 0.3) is 0 Å². The maximum absolute atomic E-state index is 9.20. The zero-order chi connectivity index (χ0) is 13.1. The molecule has 0 saturated carbocycles. The predicted octanol–water partition coefficient (Wildman–Crippen LogP) is 0.212. The molecule has 0 aliphatic carbocycles. The van der Waals surface area contributed by atoms with E-state index in [9.17, 15) is 5.11 Å². The fraction of sp³-hybridized carbons (Fsp3) is 0.500. The van der Waals surface area contributed by atoms with Crippen molar-refractivity contribution in [3.05, 3.63) is 24.3 Å². The van der Waals surface area contributed by atoms with Crippen molar-refractivity contribution in [2.45, 2.75) is 31.7 Å². The number of aromatic hydroxyl groups is 1. The van der Waals surface area contributed by atoms with Crippen LogP contribution in [0.15, 0.2) is 24.3 Å². The van der Waals surface area contributed by atoms with Crippen LogP contribution in [0.5, 0.6) is 11.5 Å². The van der Waals surface area contributed by atoms with Crippen LogP contribution in [0.3, 0.4) is 0 Å². The van der Waals surface area contributed by atoms with Crippen molar-refractivity contribution in [2.24, 2.45) is 0 Å². The number of rotatable bonds is 6. The van der Waals surface area contributed by atoms with Gasteiger partial charge < -0.3 is 29.5 Å². The third kappa shape index (κ3) is 3.33. The maximum Gasteiger partial charge on any atom is 0.212 e. The summed E-state index contributed by atoms with van der Waals surface area (Å²) in [4.78, 5) is 0. The number of hydrogen-bond donors (Lipinski definition) is 3. The first-order valence-electron chi connectivity index (χ1n) is 5.65. The van der Waals surface area contributed by atoms with E-state index in [-0.39, 0.29) is 12.4 Å². The predicted molar refractivity (Wildman–Crippen MR) is 61.0 cm³/mol. The van der Waals surface area contributed by atoms with Crippen LogP contribution in [0.2, 0.25) is 0 Å². The van der Waals surface area contributed by atoms with Gasteiger partial charge in [0.1, 0.15) is 23.7 Å². The molecule has 18 heavy (non-hydrogen) atoms. The topological polar surface area (TPSA) is 91.7 Å². The van der Waals surface area contributed by atoms with Crippen LogP contribution >= 0.6 is 0 Å². The Labute approximate surface area is 104 Å². The summed E-state index contributed by atoms with van der Waals surface area (Å²) in [5.74, 6) is 0.707. The lowest BCUT2D eigenvalue weighted by Crippen LogP contribution is -2.35. The second-order valence-corrected chi connectivity index (χ2v) is 4.07. The van der Waals surface area contributed by atoms with E-state index in [0.29, 0.717) is 5.75 Å². The second kappa shape index (κ2) is 5.53. The van der Waals surface area contributed by atoms with Gasteiger partial charge in [-0.25, -0.2) is 0 Å². The number of hydrogen-bond acceptors (Lipinski definition) is 6. The molecule has 6 nitrogen and oxygen atoms in total. The van der Waals surface area contributed by atoms with Gasteiger partial charge in [0.05, 0.1) is 6.61 Å². The molecule has 1 aromatic rings. The van der Waals surface area contributed by atoms with Gasteiger partial charge in [0, 0.05) is 0 Å². The summed E-state index contributed by atoms with van der Waals surface area (Å²) in [6.07, 6.45) is -2.62. The first-order valence-corrected chi connectivity index (χ1v) is 5.65. The number of epoxide rings is 1. The van der Waals surface area contributed by atoms with Crippen molar-refractivity contribution in [1.82, 2.24) is 0 Å². The van der Waals surface area contributed by atoms with Gasteiger partial charge in [-0.05, 0) is 31.2 Å². The zero-order valence-corrected chi connectivity index (χ0v) is 9.89. The lowest BCUT2D eigenvalue weighted by atomic mass is 10.2. The molecule has 0 bridgehead atoms. The second-order valence-electron chi connectivity index (χ2n) is 4.07. The van der Waals surface area contributed by atoms with Crippen LogP contribution in [-0.4, -0.2) is 46.7 Å². The molecule has 1 aliphatic heterocycles. The third-order valence-corrected chi connectivity index (χ3v) is 2.60. The molecule has 1 heterocycles. The molecule has 0 radical (unpaired) electrons. The molecule has 1 aromatic carbocycles. The number of phenolic OH excluding ortho intramolecular Hbond substituents is 1. The smallest absolute Gasteiger partial charge is 0.212 e. The van der Waals surface area contributed by atoms with Crippen molar-refractivity contribution < 1.29 is 29.5 Å². The summed E-state index contributed by atoms with van der Waals surface area (Å²) in [7, 11) is 0. The van der Waals surface area contributed by atoms with Gasteiger partial charge >= 0.3 is 0 Å². The van der Waals surface area contributed by atoms with Gasteiger partial charge in [0.15, 0.2) is 0 Å². The highest BCUT2D eigenvalue weighted by molar-refractivity contribution is 5.30. The number of aliphatic hydroxyl groups is 2. The summed E-state index contributed by atoms with van der Waals surface area (Å²) in [6.45, 7) is 1.49. The van der Waals surface area contributed by atoms with Gasteiger partial charge in [-0.3, -0.25) is 0 Å². The highest BCUT2D eigenvalue weighted by atomic mass is 16.8. The van der Waals surface area contributed by atoms with E-state index in [1.165, 1.54) is 12.1 Å². The molecule has 3 N–H and O–H groups in total. The molecular weight excluding hydrogens is 240 g/mol. The molecule has 3 unspecified atom stereocenters. The van der Waals surface area contributed by atoms with Crippen molar-refractivity contribution in [1.29, 1.82) is 0 Å². The van der Waals surface area contributed by atoms with Crippen molar-refractivity contribution in [3.8, 4) is 11.5 Å². The normalized spacial score (nSPS) is 25.5. The lowest BCUT2D eigenvalue weighted by molar-refractivity contribution is -0.0837. The Morgan fingerprint density at radius 3 is 2.44 bits per heavy atom.